The topological polar surface area (TPSA) is 72.7 Å². The lowest BCUT2D eigenvalue weighted by molar-refractivity contribution is 0.382. The van der Waals surface area contributed by atoms with Gasteiger partial charge in [0.15, 0.2) is 5.82 Å². The molecule has 0 radical (unpaired) electrons. The van der Waals surface area contributed by atoms with E-state index in [0.717, 1.165) is 36.7 Å². The largest absolute Gasteiger partial charge is 0.308 e. The summed E-state index contributed by atoms with van der Waals surface area (Å²) in [6, 6.07) is 0.459. The summed E-state index contributed by atoms with van der Waals surface area (Å²) in [6.07, 6.45) is 1.81. The highest BCUT2D eigenvalue weighted by molar-refractivity contribution is 7.85. The molecule has 1 aromatic heterocycles. The van der Waals surface area contributed by atoms with Crippen molar-refractivity contribution in [1.82, 2.24) is 25.5 Å². The number of nitrogens with one attached hydrogen (secondary N) is 1. The zero-order valence-electron chi connectivity index (χ0n) is 10.3. The van der Waals surface area contributed by atoms with Gasteiger partial charge in [-0.1, -0.05) is 6.92 Å². The van der Waals surface area contributed by atoms with Gasteiger partial charge < -0.3 is 5.32 Å². The summed E-state index contributed by atoms with van der Waals surface area (Å²) in [7, 11) is -0.641. The van der Waals surface area contributed by atoms with Crippen LogP contribution < -0.4 is 5.32 Å². The number of nitrogens with zero attached hydrogens (tertiary/aromatic N) is 4. The Hall–Kier alpha value is -0.820. The average molecular weight is 257 g/mol. The number of hydrogen-bond donors (Lipinski definition) is 1. The second-order valence-electron chi connectivity index (χ2n) is 4.34. The third-order valence-corrected chi connectivity index (χ3v) is 4.50. The Morgan fingerprint density at radius 2 is 2.24 bits per heavy atom. The maximum absolute atomic E-state index is 11.3. The van der Waals surface area contributed by atoms with Crippen molar-refractivity contribution in [3.8, 4) is 0 Å². The number of aromatic nitrogens is 4. The minimum atomic E-state index is -0.641. The molecule has 2 heterocycles. The van der Waals surface area contributed by atoms with Crippen molar-refractivity contribution in [3.05, 3.63) is 5.82 Å². The molecule has 96 valence electrons. The zero-order chi connectivity index (χ0) is 12.3. The van der Waals surface area contributed by atoms with Gasteiger partial charge in [0.2, 0.25) is 0 Å². The molecule has 1 aliphatic rings. The normalized spacial score (nSPS) is 26.9. The van der Waals surface area contributed by atoms with Gasteiger partial charge in [0.05, 0.1) is 12.1 Å². The van der Waals surface area contributed by atoms with E-state index >= 15 is 0 Å². The van der Waals surface area contributed by atoms with Crippen LogP contribution in [0.15, 0.2) is 0 Å². The third kappa shape index (κ3) is 2.90. The lowest BCUT2D eigenvalue weighted by atomic mass is 10.1. The first-order valence-electron chi connectivity index (χ1n) is 6.08. The predicted octanol–water partition coefficient (Wildman–Crippen LogP) is 0.427. The van der Waals surface area contributed by atoms with Crippen molar-refractivity contribution in [2.75, 3.05) is 18.1 Å². The van der Waals surface area contributed by atoms with E-state index in [1.54, 1.807) is 0 Å². The third-order valence-electron chi connectivity index (χ3n) is 3.12. The van der Waals surface area contributed by atoms with Crippen LogP contribution in [0, 0.1) is 0 Å². The molecule has 1 atom stereocenters. The molecule has 6 nitrogen and oxygen atoms in total. The molecule has 0 spiro atoms. The fraction of sp³-hybridized carbons (Fsp3) is 0.900. The minimum absolute atomic E-state index is 0.155. The van der Waals surface area contributed by atoms with Gasteiger partial charge in [-0.2, -0.15) is 0 Å². The van der Waals surface area contributed by atoms with Crippen molar-refractivity contribution in [3.63, 3.8) is 0 Å². The SMILES string of the molecule is CCNC(C)c1nnnn1C1CCS(=O)CC1. The first-order chi connectivity index (χ1) is 8.22. The smallest absolute Gasteiger partial charge is 0.168 e. The zero-order valence-corrected chi connectivity index (χ0v) is 11.1. The van der Waals surface area contributed by atoms with Crippen molar-refractivity contribution in [2.45, 2.75) is 38.8 Å². The molecule has 1 unspecified atom stereocenters. The highest BCUT2D eigenvalue weighted by Gasteiger charge is 2.24. The summed E-state index contributed by atoms with van der Waals surface area (Å²) in [6.45, 7) is 5.02. The Kier molecular flexibility index (Phi) is 4.22. The molecule has 2 rings (SSSR count). The Morgan fingerprint density at radius 3 is 2.88 bits per heavy atom. The van der Waals surface area contributed by atoms with E-state index in [2.05, 4.69) is 34.7 Å². The van der Waals surface area contributed by atoms with E-state index in [0.29, 0.717) is 6.04 Å². The van der Waals surface area contributed by atoms with Gasteiger partial charge in [0, 0.05) is 22.3 Å². The predicted molar refractivity (Wildman–Crippen MR) is 66.1 cm³/mol. The highest BCUT2D eigenvalue weighted by Crippen LogP contribution is 2.23. The second-order valence-corrected chi connectivity index (χ2v) is 6.04. The quantitative estimate of drug-likeness (QED) is 0.846. The highest BCUT2D eigenvalue weighted by atomic mass is 32.2. The van der Waals surface area contributed by atoms with Crippen LogP contribution in [0.25, 0.3) is 0 Å². The molecule has 1 aliphatic heterocycles. The monoisotopic (exact) mass is 257 g/mol. The summed E-state index contributed by atoms with van der Waals surface area (Å²) < 4.78 is 13.2. The second kappa shape index (κ2) is 5.68. The van der Waals surface area contributed by atoms with Crippen LogP contribution in [0.5, 0.6) is 0 Å². The van der Waals surface area contributed by atoms with E-state index in [-0.39, 0.29) is 6.04 Å². The van der Waals surface area contributed by atoms with E-state index in [1.165, 1.54) is 0 Å². The summed E-state index contributed by atoms with van der Waals surface area (Å²) in [5.74, 6) is 2.41. The van der Waals surface area contributed by atoms with Gasteiger partial charge in [0.1, 0.15) is 0 Å². The Bertz CT molecular complexity index is 384. The van der Waals surface area contributed by atoms with Crippen LogP contribution in [0.4, 0.5) is 0 Å². The van der Waals surface area contributed by atoms with Gasteiger partial charge in [-0.25, -0.2) is 4.68 Å². The molecule has 0 aromatic carbocycles. The van der Waals surface area contributed by atoms with Gasteiger partial charge in [0.25, 0.3) is 0 Å². The molecule has 0 bridgehead atoms. The summed E-state index contributed by atoms with van der Waals surface area (Å²) >= 11 is 0. The molecule has 1 saturated heterocycles. The molecule has 17 heavy (non-hydrogen) atoms. The van der Waals surface area contributed by atoms with Crippen molar-refractivity contribution in [1.29, 1.82) is 0 Å². The summed E-state index contributed by atoms with van der Waals surface area (Å²) in [5, 5.41) is 15.3. The molecular weight excluding hydrogens is 238 g/mol. The number of hydrogen-bond acceptors (Lipinski definition) is 5. The lowest BCUT2D eigenvalue weighted by Crippen LogP contribution is -2.27. The van der Waals surface area contributed by atoms with Crippen LogP contribution in [0.3, 0.4) is 0 Å². The molecular formula is C10H19N5OS. The van der Waals surface area contributed by atoms with E-state index < -0.39 is 10.8 Å². The standard InChI is InChI=1S/C10H19N5OS/c1-3-11-8(2)10-12-13-14-15(10)9-4-6-17(16)7-5-9/h8-9,11H,3-7H2,1-2H3. The van der Waals surface area contributed by atoms with Gasteiger partial charge in [-0.05, 0) is 36.7 Å². The van der Waals surface area contributed by atoms with Gasteiger partial charge in [-0.3, -0.25) is 4.21 Å². The van der Waals surface area contributed by atoms with E-state index in [4.69, 9.17) is 0 Å². The van der Waals surface area contributed by atoms with E-state index in [1.807, 2.05) is 4.68 Å². The van der Waals surface area contributed by atoms with Crippen LogP contribution in [0.1, 0.15) is 44.6 Å². The molecule has 0 amide bonds. The first-order valence-corrected chi connectivity index (χ1v) is 7.57. The molecule has 7 heteroatoms. The van der Waals surface area contributed by atoms with Crippen LogP contribution >= 0.6 is 0 Å². The first kappa shape index (κ1) is 12.6. The van der Waals surface area contributed by atoms with Crippen LogP contribution in [-0.4, -0.2) is 42.5 Å². The molecule has 0 aliphatic carbocycles. The maximum Gasteiger partial charge on any atom is 0.168 e. The van der Waals surface area contributed by atoms with Crippen molar-refractivity contribution < 1.29 is 4.21 Å². The molecule has 1 fully saturated rings. The summed E-state index contributed by atoms with van der Waals surface area (Å²) in [4.78, 5) is 0. The van der Waals surface area contributed by atoms with Crippen molar-refractivity contribution in [2.24, 2.45) is 0 Å². The van der Waals surface area contributed by atoms with Crippen molar-refractivity contribution >= 4 is 10.8 Å². The fourth-order valence-electron chi connectivity index (χ4n) is 2.17. The van der Waals surface area contributed by atoms with E-state index in [9.17, 15) is 4.21 Å². The Labute approximate surface area is 104 Å². The van der Waals surface area contributed by atoms with Gasteiger partial charge in [-0.15, -0.1) is 5.10 Å². The summed E-state index contributed by atoms with van der Waals surface area (Å²) in [5.41, 5.74) is 0. The van der Waals surface area contributed by atoms with Crippen LogP contribution in [-0.2, 0) is 10.8 Å². The number of rotatable bonds is 4. The Balaban J connectivity index is 2.10. The number of tetrazole rings is 1. The van der Waals surface area contributed by atoms with Crippen LogP contribution in [0.2, 0.25) is 0 Å². The minimum Gasteiger partial charge on any atom is -0.308 e. The average Bonchev–Trinajstić information content (AvgIpc) is 2.79. The lowest BCUT2D eigenvalue weighted by Gasteiger charge is -2.23. The Morgan fingerprint density at radius 1 is 1.53 bits per heavy atom. The molecule has 1 N–H and O–H groups in total. The fourth-order valence-corrected chi connectivity index (χ4v) is 3.44. The van der Waals surface area contributed by atoms with Gasteiger partial charge >= 0.3 is 0 Å². The molecule has 0 saturated carbocycles. The maximum atomic E-state index is 11.3. The molecule has 1 aromatic rings.